The van der Waals surface area contributed by atoms with E-state index in [4.69, 9.17) is 23.2 Å². The van der Waals surface area contributed by atoms with Gasteiger partial charge >= 0.3 is 0 Å². The zero-order chi connectivity index (χ0) is 19.4. The van der Waals surface area contributed by atoms with Crippen molar-refractivity contribution in [2.75, 3.05) is 19.6 Å². The number of carbonyl (C=O) groups is 2. The maximum atomic E-state index is 12.4. The lowest BCUT2D eigenvalue weighted by Gasteiger charge is -2.16. The zero-order valence-corrected chi connectivity index (χ0v) is 16.0. The van der Waals surface area contributed by atoms with Crippen LogP contribution >= 0.6 is 23.2 Å². The number of likely N-dealkylation sites (tertiary alicyclic amines) is 1. The molecule has 0 bridgehead atoms. The van der Waals surface area contributed by atoms with Crippen LogP contribution in [0.2, 0.25) is 10.0 Å². The van der Waals surface area contributed by atoms with Gasteiger partial charge < -0.3 is 15.3 Å². The van der Waals surface area contributed by atoms with Gasteiger partial charge in [0.2, 0.25) is 5.91 Å². The molecule has 8 heteroatoms. The lowest BCUT2D eigenvalue weighted by Crippen LogP contribution is -2.39. The van der Waals surface area contributed by atoms with Crippen molar-refractivity contribution in [3.63, 3.8) is 0 Å². The summed E-state index contributed by atoms with van der Waals surface area (Å²) < 4.78 is 0. The standard InChI is InChI=1S/C19H19Cl2N3O3/c20-13-4-5-16(21)15(8-13)19(27)23-9-18(26)24-10-12(17(25)11-24)7-14-3-1-2-6-22-14/h1-6,8,12,17,25H,7,9-11H2,(H,23,27)/t12-,17-/m1/s1. The Morgan fingerprint density at radius 1 is 1.22 bits per heavy atom. The molecule has 0 saturated carbocycles. The van der Waals surface area contributed by atoms with Crippen LogP contribution in [0.25, 0.3) is 0 Å². The van der Waals surface area contributed by atoms with Crippen molar-refractivity contribution in [3.05, 3.63) is 63.9 Å². The fraction of sp³-hybridized carbons (Fsp3) is 0.316. The third-order valence-corrected chi connectivity index (χ3v) is 5.09. The van der Waals surface area contributed by atoms with Crippen LogP contribution in [0, 0.1) is 5.92 Å². The molecule has 2 aromatic rings. The average Bonchev–Trinajstić information content (AvgIpc) is 3.03. The molecule has 1 aromatic carbocycles. The summed E-state index contributed by atoms with van der Waals surface area (Å²) in [7, 11) is 0. The Hall–Kier alpha value is -2.15. The highest BCUT2D eigenvalue weighted by Gasteiger charge is 2.34. The zero-order valence-electron chi connectivity index (χ0n) is 14.4. The van der Waals surface area contributed by atoms with E-state index in [0.717, 1.165) is 5.69 Å². The molecule has 27 heavy (non-hydrogen) atoms. The molecule has 1 fully saturated rings. The van der Waals surface area contributed by atoms with Crippen molar-refractivity contribution in [1.82, 2.24) is 15.2 Å². The molecule has 0 radical (unpaired) electrons. The van der Waals surface area contributed by atoms with Crippen LogP contribution in [-0.2, 0) is 11.2 Å². The van der Waals surface area contributed by atoms with Crippen LogP contribution in [0.1, 0.15) is 16.1 Å². The van der Waals surface area contributed by atoms with Crippen LogP contribution in [0.3, 0.4) is 0 Å². The molecule has 1 aromatic heterocycles. The quantitative estimate of drug-likeness (QED) is 0.795. The Labute approximate surface area is 167 Å². The van der Waals surface area contributed by atoms with Gasteiger partial charge in [-0.3, -0.25) is 14.6 Å². The summed E-state index contributed by atoms with van der Waals surface area (Å²) in [5, 5.41) is 13.5. The lowest BCUT2D eigenvalue weighted by atomic mass is 10.00. The van der Waals surface area contributed by atoms with Crippen molar-refractivity contribution in [1.29, 1.82) is 0 Å². The van der Waals surface area contributed by atoms with Gasteiger partial charge in [0.05, 0.1) is 23.2 Å². The minimum absolute atomic E-state index is 0.0816. The predicted octanol–water partition coefficient (Wildman–Crippen LogP) is 2.18. The second kappa shape index (κ2) is 8.69. The Morgan fingerprint density at radius 2 is 2.04 bits per heavy atom. The van der Waals surface area contributed by atoms with Gasteiger partial charge in [0, 0.05) is 35.9 Å². The van der Waals surface area contributed by atoms with E-state index in [1.165, 1.54) is 12.1 Å². The van der Waals surface area contributed by atoms with Gasteiger partial charge in [0.25, 0.3) is 5.91 Å². The molecule has 0 spiro atoms. The summed E-state index contributed by atoms with van der Waals surface area (Å²) in [5.74, 6) is -0.813. The van der Waals surface area contributed by atoms with Gasteiger partial charge in [-0.2, -0.15) is 0 Å². The molecule has 1 saturated heterocycles. The molecule has 6 nitrogen and oxygen atoms in total. The lowest BCUT2D eigenvalue weighted by molar-refractivity contribution is -0.129. The third-order valence-electron chi connectivity index (χ3n) is 4.53. The number of carbonyl (C=O) groups excluding carboxylic acids is 2. The highest BCUT2D eigenvalue weighted by Crippen LogP contribution is 2.22. The summed E-state index contributed by atoms with van der Waals surface area (Å²) in [6, 6.07) is 10.2. The number of aromatic nitrogens is 1. The van der Waals surface area contributed by atoms with E-state index in [2.05, 4.69) is 10.3 Å². The van der Waals surface area contributed by atoms with Crippen LogP contribution < -0.4 is 5.32 Å². The van der Waals surface area contributed by atoms with Crippen molar-refractivity contribution >= 4 is 35.0 Å². The minimum Gasteiger partial charge on any atom is -0.391 e. The van der Waals surface area contributed by atoms with E-state index in [9.17, 15) is 14.7 Å². The van der Waals surface area contributed by atoms with E-state index < -0.39 is 12.0 Å². The maximum absolute atomic E-state index is 12.4. The van der Waals surface area contributed by atoms with Crippen LogP contribution in [0.4, 0.5) is 0 Å². The summed E-state index contributed by atoms with van der Waals surface area (Å²) in [6.45, 7) is 0.485. The van der Waals surface area contributed by atoms with E-state index in [0.29, 0.717) is 18.0 Å². The molecular weight excluding hydrogens is 389 g/mol. The van der Waals surface area contributed by atoms with Gasteiger partial charge in [0.1, 0.15) is 0 Å². The second-order valence-electron chi connectivity index (χ2n) is 6.46. The highest BCUT2D eigenvalue weighted by molar-refractivity contribution is 6.35. The topological polar surface area (TPSA) is 82.5 Å². The number of pyridine rings is 1. The van der Waals surface area contributed by atoms with E-state index in [1.807, 2.05) is 18.2 Å². The number of benzene rings is 1. The monoisotopic (exact) mass is 407 g/mol. The number of nitrogens with zero attached hydrogens (tertiary/aromatic N) is 2. The molecule has 1 aliphatic heterocycles. The first-order valence-electron chi connectivity index (χ1n) is 8.53. The number of nitrogens with one attached hydrogen (secondary N) is 1. The molecule has 0 aliphatic carbocycles. The average molecular weight is 408 g/mol. The normalized spacial score (nSPS) is 19.1. The molecule has 2 heterocycles. The third kappa shape index (κ3) is 4.97. The molecule has 1 aliphatic rings. The highest BCUT2D eigenvalue weighted by atomic mass is 35.5. The first-order valence-corrected chi connectivity index (χ1v) is 9.28. The number of β-amino-alcohol motifs (C(OH)–C–C–N with tert-alkyl or cyclic N) is 1. The summed E-state index contributed by atoms with van der Waals surface area (Å²) in [5.41, 5.74) is 1.09. The van der Waals surface area contributed by atoms with Crippen LogP contribution in [0.15, 0.2) is 42.6 Å². The smallest absolute Gasteiger partial charge is 0.253 e. The fourth-order valence-corrected chi connectivity index (χ4v) is 3.46. The maximum Gasteiger partial charge on any atom is 0.253 e. The number of amides is 2. The molecule has 3 rings (SSSR count). The van der Waals surface area contributed by atoms with Crippen molar-refractivity contribution in [3.8, 4) is 0 Å². The molecule has 142 valence electrons. The second-order valence-corrected chi connectivity index (χ2v) is 7.30. The minimum atomic E-state index is -0.617. The summed E-state index contributed by atoms with van der Waals surface area (Å²) >= 11 is 11.9. The van der Waals surface area contributed by atoms with Gasteiger partial charge in [0.15, 0.2) is 0 Å². The Balaban J connectivity index is 1.54. The van der Waals surface area contributed by atoms with E-state index in [1.54, 1.807) is 17.2 Å². The number of halogens is 2. The summed E-state index contributed by atoms with van der Waals surface area (Å²) in [4.78, 5) is 30.4. The van der Waals surface area contributed by atoms with Gasteiger partial charge in [-0.1, -0.05) is 29.3 Å². The van der Waals surface area contributed by atoms with Crippen LogP contribution in [0.5, 0.6) is 0 Å². The Bertz CT molecular complexity index is 832. The van der Waals surface area contributed by atoms with Crippen molar-refractivity contribution in [2.45, 2.75) is 12.5 Å². The molecule has 2 N–H and O–H groups in total. The van der Waals surface area contributed by atoms with E-state index in [-0.39, 0.29) is 35.5 Å². The van der Waals surface area contributed by atoms with E-state index >= 15 is 0 Å². The number of aliphatic hydroxyl groups excluding tert-OH is 1. The Morgan fingerprint density at radius 3 is 2.78 bits per heavy atom. The number of rotatable bonds is 5. The van der Waals surface area contributed by atoms with Crippen molar-refractivity contribution < 1.29 is 14.7 Å². The first kappa shape index (κ1) is 19.6. The van der Waals surface area contributed by atoms with Crippen LogP contribution in [-0.4, -0.2) is 52.5 Å². The summed E-state index contributed by atoms with van der Waals surface area (Å²) in [6.07, 6.45) is 1.68. The SMILES string of the molecule is O=C(NCC(=O)N1C[C@@H](Cc2ccccn2)[C@H](O)C1)c1cc(Cl)ccc1Cl. The van der Waals surface area contributed by atoms with Gasteiger partial charge in [-0.05, 0) is 36.8 Å². The first-order chi connectivity index (χ1) is 12.9. The molecule has 2 atom stereocenters. The fourth-order valence-electron chi connectivity index (χ4n) is 3.08. The molecule has 2 amide bonds. The number of hydrogen-bond acceptors (Lipinski definition) is 4. The predicted molar refractivity (Wildman–Crippen MR) is 103 cm³/mol. The number of aliphatic hydroxyl groups is 1. The molecule has 0 unspecified atom stereocenters. The number of hydrogen-bond donors (Lipinski definition) is 2. The van der Waals surface area contributed by atoms with Gasteiger partial charge in [-0.25, -0.2) is 0 Å². The largest absolute Gasteiger partial charge is 0.391 e. The van der Waals surface area contributed by atoms with Crippen molar-refractivity contribution in [2.24, 2.45) is 5.92 Å². The molecular formula is C19H19Cl2N3O3. The van der Waals surface area contributed by atoms with Gasteiger partial charge in [-0.15, -0.1) is 0 Å². The Kier molecular flexibility index (Phi) is 6.31.